The van der Waals surface area contributed by atoms with Gasteiger partial charge in [0.25, 0.3) is 0 Å². The zero-order chi connectivity index (χ0) is 11.9. The summed E-state index contributed by atoms with van der Waals surface area (Å²) in [5.74, 6) is -0.303. The average molecular weight is 173 g/mol. The van der Waals surface area contributed by atoms with Crippen LogP contribution in [0.25, 0.3) is 0 Å². The fourth-order valence-electron chi connectivity index (χ4n) is 1.03. The molecule has 0 amide bonds. The minimum absolute atomic E-state index is 0.283. The third-order valence-electron chi connectivity index (χ3n) is 1.47. The number of hydrogen-bond acceptors (Lipinski definition) is 4. The Kier molecular flexibility index (Phi) is 1.28. The lowest BCUT2D eigenvalue weighted by Gasteiger charge is -2.17. The molecule has 0 aromatic rings. The Hall–Kier alpha value is -1.06. The number of aliphatic imine (C=N–C) groups is 1. The molecule has 0 aliphatic carbocycles. The molecular weight excluding hydrogens is 156 g/mol. The van der Waals surface area contributed by atoms with Crippen LogP contribution in [0.5, 0.6) is 0 Å². The molecule has 1 aliphatic rings. The van der Waals surface area contributed by atoms with Crippen molar-refractivity contribution in [2.75, 3.05) is 13.5 Å². The Morgan fingerprint density at radius 1 is 1.75 bits per heavy atom. The van der Waals surface area contributed by atoms with Gasteiger partial charge in [0.05, 0.1) is 0 Å². The number of esters is 1. The van der Waals surface area contributed by atoms with E-state index in [4.69, 9.17) is 8.85 Å². The van der Waals surface area contributed by atoms with E-state index in [1.165, 1.54) is 0 Å². The standard InChI is InChI=1S/C8H14N2O2/c1-6-9-8(2,3)12-7(11)5-10(6)4/h5H2,1-4H3/i4D3. The SMILES string of the molecule is [2H]C([2H])([2H])N1CC(=O)OC(C)(C)N=C1C. The van der Waals surface area contributed by atoms with Crippen molar-refractivity contribution in [2.24, 2.45) is 4.99 Å². The number of ether oxygens (including phenoxy) is 1. The first-order valence-corrected chi connectivity index (χ1v) is 3.68. The highest BCUT2D eigenvalue weighted by molar-refractivity contribution is 5.85. The summed E-state index contributed by atoms with van der Waals surface area (Å²) >= 11 is 0. The van der Waals surface area contributed by atoms with Gasteiger partial charge in [-0.15, -0.1) is 0 Å². The average Bonchev–Trinajstić information content (AvgIpc) is 2.03. The Balaban J connectivity index is 3.06. The number of hydrogen-bond donors (Lipinski definition) is 0. The second-order valence-electron chi connectivity index (χ2n) is 3.17. The van der Waals surface area contributed by atoms with E-state index in [1.54, 1.807) is 20.8 Å². The predicted octanol–water partition coefficient (Wildman–Crippen LogP) is 0.629. The van der Waals surface area contributed by atoms with Gasteiger partial charge in [-0.2, -0.15) is 0 Å². The Morgan fingerprint density at radius 2 is 2.42 bits per heavy atom. The van der Waals surface area contributed by atoms with Crippen LogP contribution in [0.1, 0.15) is 24.9 Å². The third kappa shape index (κ3) is 1.96. The molecule has 1 rings (SSSR count). The van der Waals surface area contributed by atoms with E-state index in [2.05, 4.69) is 4.99 Å². The van der Waals surface area contributed by atoms with E-state index >= 15 is 0 Å². The van der Waals surface area contributed by atoms with Gasteiger partial charge in [-0.05, 0) is 20.8 Å². The largest absolute Gasteiger partial charge is 0.436 e. The first-order valence-electron chi connectivity index (χ1n) is 5.18. The summed E-state index contributed by atoms with van der Waals surface area (Å²) in [4.78, 5) is 16.3. The molecule has 0 atom stereocenters. The number of carbonyl (C=O) groups is 1. The summed E-state index contributed by atoms with van der Waals surface area (Å²) in [5.41, 5.74) is -0.999. The molecule has 0 N–H and O–H groups in total. The Bertz CT molecular complexity index is 309. The second-order valence-corrected chi connectivity index (χ2v) is 3.17. The lowest BCUT2D eigenvalue weighted by atomic mass is 10.3. The molecule has 4 nitrogen and oxygen atoms in total. The summed E-state index contributed by atoms with van der Waals surface area (Å²) < 4.78 is 26.7. The molecule has 0 radical (unpaired) electrons. The van der Waals surface area contributed by atoms with Crippen LogP contribution in [0.15, 0.2) is 4.99 Å². The number of cyclic esters (lactones) is 1. The van der Waals surface area contributed by atoms with Gasteiger partial charge in [0.2, 0.25) is 0 Å². The number of likely N-dealkylation sites (N-methyl/N-ethyl adjacent to an activating group) is 1. The molecule has 0 spiro atoms. The first-order chi connectivity index (χ1) is 6.62. The minimum Gasteiger partial charge on any atom is -0.436 e. The zero-order valence-corrected chi connectivity index (χ0v) is 7.42. The first kappa shape index (κ1) is 5.56. The monoisotopic (exact) mass is 173 g/mol. The molecule has 0 bridgehead atoms. The molecule has 1 heterocycles. The van der Waals surface area contributed by atoms with Gasteiger partial charge in [0.1, 0.15) is 12.4 Å². The molecule has 0 saturated heterocycles. The molecule has 1 aliphatic heterocycles. The van der Waals surface area contributed by atoms with Gasteiger partial charge in [0, 0.05) is 11.1 Å². The molecule has 0 saturated carbocycles. The van der Waals surface area contributed by atoms with Crippen molar-refractivity contribution in [3.05, 3.63) is 0 Å². The normalized spacial score (nSPS) is 27.6. The summed E-state index contributed by atoms with van der Waals surface area (Å²) in [7, 11) is 0. The van der Waals surface area contributed by atoms with Gasteiger partial charge in [0.15, 0.2) is 5.72 Å². The predicted molar refractivity (Wildman–Crippen MR) is 45.9 cm³/mol. The maximum absolute atomic E-state index is 11.3. The van der Waals surface area contributed by atoms with E-state index < -0.39 is 18.7 Å². The van der Waals surface area contributed by atoms with E-state index in [0.29, 0.717) is 0 Å². The molecule has 0 aromatic carbocycles. The van der Waals surface area contributed by atoms with Gasteiger partial charge in [-0.25, -0.2) is 4.99 Å². The summed E-state index contributed by atoms with van der Waals surface area (Å²) in [6.45, 7) is 2.10. The molecule has 0 fully saturated rings. The lowest BCUT2D eigenvalue weighted by Crippen LogP contribution is -2.29. The van der Waals surface area contributed by atoms with Crippen molar-refractivity contribution in [1.29, 1.82) is 0 Å². The summed E-state index contributed by atoms with van der Waals surface area (Å²) in [6.07, 6.45) is 0. The summed E-state index contributed by atoms with van der Waals surface area (Å²) in [5, 5.41) is 0. The second kappa shape index (κ2) is 2.77. The van der Waals surface area contributed by atoms with Crippen molar-refractivity contribution in [2.45, 2.75) is 26.5 Å². The van der Waals surface area contributed by atoms with Crippen molar-refractivity contribution >= 4 is 11.8 Å². The Morgan fingerprint density at radius 3 is 3.00 bits per heavy atom. The van der Waals surface area contributed by atoms with Crippen LogP contribution in [-0.4, -0.2) is 36.0 Å². The number of amidine groups is 1. The fraction of sp³-hybridized carbons (Fsp3) is 0.750. The fourth-order valence-corrected chi connectivity index (χ4v) is 1.03. The van der Waals surface area contributed by atoms with E-state index in [-0.39, 0.29) is 12.4 Å². The van der Waals surface area contributed by atoms with Crippen molar-refractivity contribution in [3.63, 3.8) is 0 Å². The minimum atomic E-state index is -2.37. The topological polar surface area (TPSA) is 41.9 Å². The molecule has 12 heavy (non-hydrogen) atoms. The van der Waals surface area contributed by atoms with Crippen LogP contribution in [0, 0.1) is 0 Å². The highest BCUT2D eigenvalue weighted by Gasteiger charge is 2.26. The quantitative estimate of drug-likeness (QED) is 0.504. The molecule has 0 unspecified atom stereocenters. The van der Waals surface area contributed by atoms with Crippen LogP contribution >= 0.6 is 0 Å². The molecule has 0 aromatic heterocycles. The molecule has 4 heteroatoms. The van der Waals surface area contributed by atoms with Crippen LogP contribution in [0.2, 0.25) is 0 Å². The highest BCUT2D eigenvalue weighted by Crippen LogP contribution is 2.15. The van der Waals surface area contributed by atoms with E-state index in [0.717, 1.165) is 4.90 Å². The summed E-state index contributed by atoms with van der Waals surface area (Å²) in [6, 6.07) is 0. The van der Waals surface area contributed by atoms with Gasteiger partial charge in [-0.3, -0.25) is 4.79 Å². The van der Waals surface area contributed by atoms with Crippen molar-refractivity contribution < 1.29 is 13.6 Å². The van der Waals surface area contributed by atoms with Gasteiger partial charge < -0.3 is 9.64 Å². The number of rotatable bonds is 0. The van der Waals surface area contributed by atoms with Crippen LogP contribution < -0.4 is 0 Å². The van der Waals surface area contributed by atoms with Crippen LogP contribution in [-0.2, 0) is 9.53 Å². The van der Waals surface area contributed by atoms with E-state index in [9.17, 15) is 4.79 Å². The maximum Gasteiger partial charge on any atom is 0.327 e. The molecular formula is C8H14N2O2. The number of carbonyl (C=O) groups excluding carboxylic acids is 1. The zero-order valence-electron chi connectivity index (χ0n) is 10.4. The smallest absolute Gasteiger partial charge is 0.327 e. The van der Waals surface area contributed by atoms with Crippen molar-refractivity contribution in [1.82, 2.24) is 4.90 Å². The number of nitrogens with zero attached hydrogens (tertiary/aromatic N) is 2. The van der Waals surface area contributed by atoms with Crippen molar-refractivity contribution in [3.8, 4) is 0 Å². The third-order valence-corrected chi connectivity index (χ3v) is 1.47. The van der Waals surface area contributed by atoms with Gasteiger partial charge in [-0.1, -0.05) is 0 Å². The Labute approximate surface area is 76.4 Å². The van der Waals surface area contributed by atoms with Gasteiger partial charge >= 0.3 is 5.97 Å². The maximum atomic E-state index is 11.3. The van der Waals surface area contributed by atoms with Crippen LogP contribution in [0.3, 0.4) is 0 Å². The van der Waals surface area contributed by atoms with Crippen LogP contribution in [0.4, 0.5) is 0 Å². The van der Waals surface area contributed by atoms with E-state index in [1.807, 2.05) is 0 Å². The highest BCUT2D eigenvalue weighted by atomic mass is 16.6. The lowest BCUT2D eigenvalue weighted by molar-refractivity contribution is -0.154. The molecule has 68 valence electrons.